The topological polar surface area (TPSA) is 66.2 Å². The van der Waals surface area contributed by atoms with Gasteiger partial charge in [-0.15, -0.1) is 0 Å². The third-order valence-corrected chi connectivity index (χ3v) is 3.93. The van der Waals surface area contributed by atoms with Crippen LogP contribution in [0.3, 0.4) is 0 Å². The molecular weight excluding hydrogens is 338 g/mol. The summed E-state index contributed by atoms with van der Waals surface area (Å²) in [6, 6.07) is 11.1. The first-order valence-corrected chi connectivity index (χ1v) is 8.36. The highest BCUT2D eigenvalue weighted by Gasteiger charge is 2.22. The highest BCUT2D eigenvalue weighted by atomic mass is 35.5. The lowest BCUT2D eigenvalue weighted by Crippen LogP contribution is -2.40. The average Bonchev–Trinajstić information content (AvgIpc) is 2.61. The zero-order valence-corrected chi connectivity index (χ0v) is 15.0. The van der Waals surface area contributed by atoms with Gasteiger partial charge in [-0.05, 0) is 49.2 Å². The van der Waals surface area contributed by atoms with Gasteiger partial charge in [-0.2, -0.15) is 5.26 Å². The third-order valence-electron chi connectivity index (χ3n) is 3.69. The Hall–Kier alpha value is -2.58. The fourth-order valence-electron chi connectivity index (χ4n) is 2.41. The van der Waals surface area contributed by atoms with E-state index in [1.165, 1.54) is 0 Å². The first kappa shape index (κ1) is 18.8. The monoisotopic (exact) mass is 357 g/mol. The van der Waals surface area contributed by atoms with E-state index in [0.717, 1.165) is 11.1 Å². The summed E-state index contributed by atoms with van der Waals surface area (Å²) in [4.78, 5) is 18.5. The number of hydrogen-bond donors (Lipinski definition) is 0. The number of aryl methyl sites for hydroxylation is 1. The van der Waals surface area contributed by atoms with Crippen LogP contribution in [0.4, 0.5) is 0 Å². The standard InChI is InChI=1S/C19H20ClN3O2/c1-14-11-17(20)6-7-18(14)25-15(2)19(24)23(10-4-8-21)13-16-5-3-9-22-12-16/h3,5-7,9,11-12,15H,4,10,13H2,1-2H3. The SMILES string of the molecule is Cc1cc(Cl)ccc1OC(C)C(=O)N(CCC#N)Cc1cccnc1. The molecule has 5 nitrogen and oxygen atoms in total. The van der Waals surface area contributed by atoms with E-state index in [2.05, 4.69) is 11.1 Å². The predicted molar refractivity (Wildman–Crippen MR) is 96.2 cm³/mol. The number of halogens is 1. The number of amides is 1. The van der Waals surface area contributed by atoms with Gasteiger partial charge >= 0.3 is 0 Å². The van der Waals surface area contributed by atoms with Gasteiger partial charge in [0.15, 0.2) is 6.10 Å². The third kappa shape index (κ3) is 5.47. The molecule has 130 valence electrons. The first-order chi connectivity index (χ1) is 12.0. The number of aromatic nitrogens is 1. The molecule has 0 fully saturated rings. The Bertz CT molecular complexity index is 759. The van der Waals surface area contributed by atoms with Crippen molar-refractivity contribution >= 4 is 17.5 Å². The van der Waals surface area contributed by atoms with Crippen LogP contribution in [0.5, 0.6) is 5.75 Å². The molecule has 1 atom stereocenters. The van der Waals surface area contributed by atoms with Crippen LogP contribution < -0.4 is 4.74 Å². The second kappa shape index (κ2) is 9.05. The molecule has 0 saturated heterocycles. The van der Waals surface area contributed by atoms with Gasteiger partial charge < -0.3 is 9.64 Å². The van der Waals surface area contributed by atoms with Gasteiger partial charge in [-0.3, -0.25) is 9.78 Å². The minimum Gasteiger partial charge on any atom is -0.481 e. The summed E-state index contributed by atoms with van der Waals surface area (Å²) in [6.45, 7) is 4.32. The van der Waals surface area contributed by atoms with Gasteiger partial charge in [0.05, 0.1) is 12.5 Å². The van der Waals surface area contributed by atoms with Crippen LogP contribution in [-0.4, -0.2) is 28.4 Å². The maximum Gasteiger partial charge on any atom is 0.263 e. The van der Waals surface area contributed by atoms with Crippen molar-refractivity contribution in [2.75, 3.05) is 6.54 Å². The van der Waals surface area contributed by atoms with E-state index in [0.29, 0.717) is 23.9 Å². The molecule has 25 heavy (non-hydrogen) atoms. The highest BCUT2D eigenvalue weighted by Crippen LogP contribution is 2.23. The van der Waals surface area contributed by atoms with Crippen LogP contribution in [-0.2, 0) is 11.3 Å². The number of hydrogen-bond acceptors (Lipinski definition) is 4. The van der Waals surface area contributed by atoms with Crippen molar-refractivity contribution in [3.8, 4) is 11.8 Å². The quantitative estimate of drug-likeness (QED) is 0.756. The van der Waals surface area contributed by atoms with E-state index in [4.69, 9.17) is 21.6 Å². The Morgan fingerprint density at radius 1 is 1.44 bits per heavy atom. The number of pyridine rings is 1. The van der Waals surface area contributed by atoms with E-state index in [9.17, 15) is 4.79 Å². The molecule has 0 aliphatic heterocycles. The second-order valence-electron chi connectivity index (χ2n) is 5.70. The Balaban J connectivity index is 2.10. The predicted octanol–water partition coefficient (Wildman–Crippen LogP) is 3.75. The highest BCUT2D eigenvalue weighted by molar-refractivity contribution is 6.30. The van der Waals surface area contributed by atoms with E-state index >= 15 is 0 Å². The number of nitriles is 1. The molecule has 1 aromatic carbocycles. The van der Waals surface area contributed by atoms with E-state index in [-0.39, 0.29) is 12.3 Å². The van der Waals surface area contributed by atoms with Crippen molar-refractivity contribution in [1.82, 2.24) is 9.88 Å². The Labute approximate surface area is 152 Å². The molecule has 0 spiro atoms. The number of ether oxygens (including phenoxy) is 1. The summed E-state index contributed by atoms with van der Waals surface area (Å²) in [5.74, 6) is 0.445. The number of benzene rings is 1. The molecule has 0 aliphatic carbocycles. The van der Waals surface area contributed by atoms with E-state index in [1.54, 1.807) is 42.4 Å². The van der Waals surface area contributed by atoms with Gasteiger partial charge in [-0.1, -0.05) is 17.7 Å². The summed E-state index contributed by atoms with van der Waals surface area (Å²) in [6.07, 6.45) is 2.98. The summed E-state index contributed by atoms with van der Waals surface area (Å²) >= 11 is 5.95. The summed E-state index contributed by atoms with van der Waals surface area (Å²) < 4.78 is 5.81. The molecule has 0 N–H and O–H groups in total. The molecule has 2 aromatic rings. The molecule has 0 radical (unpaired) electrons. The fourth-order valence-corrected chi connectivity index (χ4v) is 2.63. The Kier molecular flexibility index (Phi) is 6.79. The van der Waals surface area contributed by atoms with Crippen LogP contribution in [0, 0.1) is 18.3 Å². The molecule has 0 aliphatic rings. The second-order valence-corrected chi connectivity index (χ2v) is 6.14. The van der Waals surface area contributed by atoms with Crippen molar-refractivity contribution in [2.24, 2.45) is 0 Å². The van der Waals surface area contributed by atoms with E-state index < -0.39 is 6.10 Å². The van der Waals surface area contributed by atoms with Crippen molar-refractivity contribution in [1.29, 1.82) is 5.26 Å². The van der Waals surface area contributed by atoms with Crippen molar-refractivity contribution in [2.45, 2.75) is 32.9 Å². The average molecular weight is 358 g/mol. The van der Waals surface area contributed by atoms with Gasteiger partial charge in [0, 0.05) is 30.5 Å². The Morgan fingerprint density at radius 2 is 2.24 bits per heavy atom. The largest absolute Gasteiger partial charge is 0.481 e. The molecule has 1 heterocycles. The minimum absolute atomic E-state index is 0.173. The van der Waals surface area contributed by atoms with Crippen molar-refractivity contribution < 1.29 is 9.53 Å². The van der Waals surface area contributed by atoms with Gasteiger partial charge in [0.1, 0.15) is 5.75 Å². The molecule has 1 amide bonds. The van der Waals surface area contributed by atoms with Gasteiger partial charge in [0.25, 0.3) is 5.91 Å². The molecular formula is C19H20ClN3O2. The van der Waals surface area contributed by atoms with Crippen LogP contribution in [0.2, 0.25) is 5.02 Å². The molecule has 6 heteroatoms. The lowest BCUT2D eigenvalue weighted by atomic mass is 10.2. The lowest BCUT2D eigenvalue weighted by molar-refractivity contribution is -0.138. The van der Waals surface area contributed by atoms with Crippen molar-refractivity contribution in [3.63, 3.8) is 0 Å². The molecule has 1 unspecified atom stereocenters. The van der Waals surface area contributed by atoms with Crippen LogP contribution in [0.25, 0.3) is 0 Å². The maximum atomic E-state index is 12.8. The smallest absolute Gasteiger partial charge is 0.263 e. The van der Waals surface area contributed by atoms with Gasteiger partial charge in [0.2, 0.25) is 0 Å². The van der Waals surface area contributed by atoms with E-state index in [1.807, 2.05) is 19.1 Å². The maximum absolute atomic E-state index is 12.8. The number of nitrogens with zero attached hydrogens (tertiary/aromatic N) is 3. The van der Waals surface area contributed by atoms with Crippen molar-refractivity contribution in [3.05, 3.63) is 58.9 Å². The van der Waals surface area contributed by atoms with Crippen LogP contribution >= 0.6 is 11.6 Å². The zero-order chi connectivity index (χ0) is 18.2. The Morgan fingerprint density at radius 3 is 2.88 bits per heavy atom. The number of carbonyl (C=O) groups excluding carboxylic acids is 1. The molecule has 0 saturated carbocycles. The molecule has 2 rings (SSSR count). The summed E-state index contributed by atoms with van der Waals surface area (Å²) in [5, 5.41) is 9.48. The normalized spacial score (nSPS) is 11.4. The number of carbonyl (C=O) groups is 1. The summed E-state index contributed by atoms with van der Waals surface area (Å²) in [7, 11) is 0. The first-order valence-electron chi connectivity index (χ1n) is 7.98. The lowest BCUT2D eigenvalue weighted by Gasteiger charge is -2.26. The minimum atomic E-state index is -0.671. The van der Waals surface area contributed by atoms with Crippen LogP contribution in [0.1, 0.15) is 24.5 Å². The van der Waals surface area contributed by atoms with Crippen LogP contribution in [0.15, 0.2) is 42.7 Å². The number of rotatable bonds is 7. The molecule has 0 bridgehead atoms. The van der Waals surface area contributed by atoms with Gasteiger partial charge in [-0.25, -0.2) is 0 Å². The zero-order valence-electron chi connectivity index (χ0n) is 14.3. The fraction of sp³-hybridized carbons (Fsp3) is 0.316. The summed E-state index contributed by atoms with van der Waals surface area (Å²) in [5.41, 5.74) is 1.77. The molecule has 1 aromatic heterocycles.